The molecule has 1 saturated heterocycles. The van der Waals surface area contributed by atoms with Crippen LogP contribution in [0.25, 0.3) is 0 Å². The highest BCUT2D eigenvalue weighted by molar-refractivity contribution is 6.31. The van der Waals surface area contributed by atoms with Gasteiger partial charge in [0.25, 0.3) is 5.91 Å². The average Bonchev–Trinajstić information content (AvgIpc) is 2.68. The summed E-state index contributed by atoms with van der Waals surface area (Å²) in [5, 5.41) is 6.31. The van der Waals surface area contributed by atoms with Crippen molar-refractivity contribution >= 4 is 29.2 Å². The minimum Gasteiger partial charge on any atom is -0.495 e. The molecule has 8 heteroatoms. The van der Waals surface area contributed by atoms with E-state index in [0.29, 0.717) is 53.7 Å². The van der Waals surface area contributed by atoms with Gasteiger partial charge in [0.05, 0.1) is 18.4 Å². The van der Waals surface area contributed by atoms with Crippen LogP contribution >= 0.6 is 11.6 Å². The van der Waals surface area contributed by atoms with E-state index < -0.39 is 5.72 Å². The number of halogens is 1. The topological polar surface area (TPSA) is 79.9 Å². The van der Waals surface area contributed by atoms with E-state index in [1.54, 1.807) is 41.3 Å². The highest BCUT2D eigenvalue weighted by Crippen LogP contribution is 2.34. The molecule has 2 aromatic rings. The number of hydrogen-bond donors (Lipinski definition) is 2. The molecule has 0 unspecified atom stereocenters. The van der Waals surface area contributed by atoms with Crippen LogP contribution in [0.3, 0.4) is 0 Å². The smallest absolute Gasteiger partial charge is 0.321 e. The van der Waals surface area contributed by atoms with Gasteiger partial charge in [-0.15, -0.1) is 0 Å². The molecule has 0 aromatic heterocycles. The van der Waals surface area contributed by atoms with Crippen molar-refractivity contribution in [1.29, 1.82) is 0 Å². The molecule has 7 nitrogen and oxygen atoms in total. The Hall–Kier alpha value is -2.93. The SMILES string of the molecule is COc1ccc(Cl)cc1NC(=O)N1CCC2(CC1)NC(=O)c1ccccc1O2. The van der Waals surface area contributed by atoms with Gasteiger partial charge < -0.3 is 25.0 Å². The van der Waals surface area contributed by atoms with Gasteiger partial charge in [-0.2, -0.15) is 0 Å². The van der Waals surface area contributed by atoms with Gasteiger partial charge in [-0.1, -0.05) is 23.7 Å². The van der Waals surface area contributed by atoms with E-state index in [1.165, 1.54) is 7.11 Å². The summed E-state index contributed by atoms with van der Waals surface area (Å²) in [4.78, 5) is 26.8. The number of likely N-dealkylation sites (tertiary alicyclic amines) is 1. The molecule has 2 heterocycles. The zero-order chi connectivity index (χ0) is 19.7. The van der Waals surface area contributed by atoms with Gasteiger partial charge in [0.15, 0.2) is 5.72 Å². The molecule has 4 rings (SSSR count). The van der Waals surface area contributed by atoms with Crippen LogP contribution in [0.1, 0.15) is 23.2 Å². The zero-order valence-corrected chi connectivity index (χ0v) is 16.1. The molecule has 3 amide bonds. The quantitative estimate of drug-likeness (QED) is 0.807. The summed E-state index contributed by atoms with van der Waals surface area (Å²) in [6.07, 6.45) is 0.986. The third kappa shape index (κ3) is 3.45. The molecule has 0 atom stereocenters. The van der Waals surface area contributed by atoms with E-state index in [0.717, 1.165) is 0 Å². The second-order valence-electron chi connectivity index (χ2n) is 6.81. The number of carbonyl (C=O) groups is 2. The molecule has 28 heavy (non-hydrogen) atoms. The van der Waals surface area contributed by atoms with Gasteiger partial charge in [-0.05, 0) is 30.3 Å². The van der Waals surface area contributed by atoms with Crippen LogP contribution in [0.4, 0.5) is 10.5 Å². The first-order chi connectivity index (χ1) is 13.5. The lowest BCUT2D eigenvalue weighted by molar-refractivity contribution is -0.0203. The van der Waals surface area contributed by atoms with E-state index in [2.05, 4.69) is 10.6 Å². The van der Waals surface area contributed by atoms with Gasteiger partial charge in [-0.3, -0.25) is 4.79 Å². The average molecular weight is 402 g/mol. The Kier molecular flexibility index (Phi) is 4.77. The summed E-state index contributed by atoms with van der Waals surface area (Å²) in [6, 6.07) is 12.0. The lowest BCUT2D eigenvalue weighted by atomic mass is 9.97. The Morgan fingerprint density at radius 1 is 1.25 bits per heavy atom. The standard InChI is InChI=1S/C20H20ClN3O4/c1-27-17-7-6-13(21)12-15(17)22-19(26)24-10-8-20(9-11-24)23-18(25)14-4-2-3-5-16(14)28-20/h2-7,12H,8-11H2,1H3,(H,22,26)(H,23,25). The Labute approximate surface area is 167 Å². The molecular weight excluding hydrogens is 382 g/mol. The number of ether oxygens (including phenoxy) is 2. The zero-order valence-electron chi connectivity index (χ0n) is 15.3. The summed E-state index contributed by atoms with van der Waals surface area (Å²) in [5.74, 6) is 0.960. The molecule has 2 aromatic carbocycles. The lowest BCUT2D eigenvalue weighted by Crippen LogP contribution is -2.61. The second-order valence-corrected chi connectivity index (χ2v) is 7.24. The van der Waals surface area contributed by atoms with Crippen LogP contribution in [-0.2, 0) is 0 Å². The van der Waals surface area contributed by atoms with Crippen LogP contribution in [0.5, 0.6) is 11.5 Å². The number of nitrogens with zero attached hydrogens (tertiary/aromatic N) is 1. The van der Waals surface area contributed by atoms with E-state index in [9.17, 15) is 9.59 Å². The minimum atomic E-state index is -0.782. The normalized spacial score (nSPS) is 17.4. The van der Waals surface area contributed by atoms with Crippen molar-refractivity contribution in [2.24, 2.45) is 0 Å². The predicted octanol–water partition coefficient (Wildman–Crippen LogP) is 3.50. The Morgan fingerprint density at radius 3 is 2.75 bits per heavy atom. The van der Waals surface area contributed by atoms with E-state index in [4.69, 9.17) is 21.1 Å². The fourth-order valence-electron chi connectivity index (χ4n) is 3.52. The number of nitrogens with one attached hydrogen (secondary N) is 2. The van der Waals surface area contributed by atoms with Crippen molar-refractivity contribution < 1.29 is 19.1 Å². The fraction of sp³-hybridized carbons (Fsp3) is 0.300. The number of para-hydroxylation sites is 1. The molecule has 146 valence electrons. The highest BCUT2D eigenvalue weighted by Gasteiger charge is 2.43. The van der Waals surface area contributed by atoms with E-state index >= 15 is 0 Å². The summed E-state index contributed by atoms with van der Waals surface area (Å²) >= 11 is 6.02. The van der Waals surface area contributed by atoms with Gasteiger partial charge in [0.2, 0.25) is 0 Å². The number of rotatable bonds is 2. The van der Waals surface area contributed by atoms with E-state index in [-0.39, 0.29) is 11.9 Å². The monoisotopic (exact) mass is 401 g/mol. The fourth-order valence-corrected chi connectivity index (χ4v) is 3.70. The third-order valence-electron chi connectivity index (χ3n) is 5.04. The van der Waals surface area contributed by atoms with Gasteiger partial charge in [0.1, 0.15) is 11.5 Å². The minimum absolute atomic E-state index is 0.150. The van der Waals surface area contributed by atoms with Crippen molar-refractivity contribution in [2.75, 3.05) is 25.5 Å². The van der Waals surface area contributed by atoms with Crippen molar-refractivity contribution in [3.63, 3.8) is 0 Å². The van der Waals surface area contributed by atoms with Crippen molar-refractivity contribution in [3.05, 3.63) is 53.1 Å². The van der Waals surface area contributed by atoms with Gasteiger partial charge in [0, 0.05) is 31.0 Å². The number of amides is 3. The van der Waals surface area contributed by atoms with Crippen molar-refractivity contribution in [2.45, 2.75) is 18.6 Å². The number of fused-ring (bicyclic) bond motifs is 1. The first kappa shape index (κ1) is 18.4. The number of methoxy groups -OCH3 is 1. The number of carbonyl (C=O) groups excluding carboxylic acids is 2. The molecule has 0 aliphatic carbocycles. The molecule has 0 radical (unpaired) electrons. The predicted molar refractivity (Wildman–Crippen MR) is 105 cm³/mol. The number of hydrogen-bond acceptors (Lipinski definition) is 4. The summed E-state index contributed by atoms with van der Waals surface area (Å²) < 4.78 is 11.4. The molecule has 1 spiro atoms. The third-order valence-corrected chi connectivity index (χ3v) is 5.27. The number of piperidine rings is 1. The van der Waals surface area contributed by atoms with Gasteiger partial charge in [-0.25, -0.2) is 4.79 Å². The van der Waals surface area contributed by atoms with Crippen LogP contribution in [0, 0.1) is 0 Å². The van der Waals surface area contributed by atoms with Crippen molar-refractivity contribution in [3.8, 4) is 11.5 Å². The molecular formula is C20H20ClN3O4. The van der Waals surface area contributed by atoms with E-state index in [1.807, 2.05) is 6.07 Å². The Morgan fingerprint density at radius 2 is 2.00 bits per heavy atom. The first-order valence-corrected chi connectivity index (χ1v) is 9.37. The molecule has 2 aliphatic heterocycles. The number of anilines is 1. The molecule has 2 N–H and O–H groups in total. The molecule has 0 saturated carbocycles. The number of urea groups is 1. The highest BCUT2D eigenvalue weighted by atomic mass is 35.5. The Balaban J connectivity index is 1.43. The molecule has 0 bridgehead atoms. The van der Waals surface area contributed by atoms with Crippen LogP contribution in [0.2, 0.25) is 5.02 Å². The molecule has 1 fully saturated rings. The lowest BCUT2D eigenvalue weighted by Gasteiger charge is -2.44. The maximum absolute atomic E-state index is 12.7. The molecule has 2 aliphatic rings. The summed E-state index contributed by atoms with van der Waals surface area (Å²) in [5.41, 5.74) is 0.258. The summed E-state index contributed by atoms with van der Waals surface area (Å²) in [6.45, 7) is 0.883. The maximum atomic E-state index is 12.7. The van der Waals surface area contributed by atoms with Crippen LogP contribution in [0.15, 0.2) is 42.5 Å². The van der Waals surface area contributed by atoms with Crippen LogP contribution in [-0.4, -0.2) is 42.8 Å². The van der Waals surface area contributed by atoms with Crippen molar-refractivity contribution in [1.82, 2.24) is 10.2 Å². The van der Waals surface area contributed by atoms with Gasteiger partial charge >= 0.3 is 6.03 Å². The largest absolute Gasteiger partial charge is 0.495 e. The first-order valence-electron chi connectivity index (χ1n) is 9.00. The maximum Gasteiger partial charge on any atom is 0.321 e. The van der Waals surface area contributed by atoms with Crippen LogP contribution < -0.4 is 20.1 Å². The summed E-state index contributed by atoms with van der Waals surface area (Å²) in [7, 11) is 1.53. The number of benzene rings is 2. The Bertz CT molecular complexity index is 925. The second kappa shape index (κ2) is 7.24.